The zero-order valence-electron chi connectivity index (χ0n) is 13.3. The van der Waals surface area contributed by atoms with Gasteiger partial charge in [0, 0.05) is 19.1 Å². The molecule has 0 spiro atoms. The molecule has 0 N–H and O–H groups in total. The predicted octanol–water partition coefficient (Wildman–Crippen LogP) is 3.30. The van der Waals surface area contributed by atoms with Crippen molar-refractivity contribution in [2.75, 3.05) is 26.4 Å². The molecule has 1 saturated carbocycles. The highest BCUT2D eigenvalue weighted by Gasteiger charge is 2.37. The topological polar surface area (TPSA) is 30.9 Å². The Labute approximate surface area is 135 Å². The number of nitrogens with zero attached hydrogens (tertiary/aromatic N) is 1. The van der Waals surface area contributed by atoms with Crippen LogP contribution in [0.4, 0.5) is 8.78 Å². The van der Waals surface area contributed by atoms with Crippen LogP contribution >= 0.6 is 0 Å². The number of ether oxygens (including phenoxy) is 3. The molecule has 1 aromatic carbocycles. The molecule has 1 heterocycles. The Bertz CT molecular complexity index is 523. The van der Waals surface area contributed by atoms with E-state index in [1.807, 2.05) is 13.0 Å². The van der Waals surface area contributed by atoms with Crippen LogP contribution in [0.25, 0.3) is 0 Å². The maximum atomic E-state index is 12.5. The average Bonchev–Trinajstić information content (AvgIpc) is 3.35. The van der Waals surface area contributed by atoms with Gasteiger partial charge in [-0.15, -0.1) is 0 Å². The van der Waals surface area contributed by atoms with Gasteiger partial charge in [-0.1, -0.05) is 6.07 Å². The van der Waals surface area contributed by atoms with Gasteiger partial charge in [0.25, 0.3) is 0 Å². The fraction of sp³-hybridized carbons (Fsp3) is 0.647. The smallest absolute Gasteiger partial charge is 0.387 e. The second-order valence-electron chi connectivity index (χ2n) is 6.04. The molecule has 4 nitrogen and oxygen atoms in total. The third kappa shape index (κ3) is 4.32. The van der Waals surface area contributed by atoms with Crippen molar-refractivity contribution in [2.24, 2.45) is 5.92 Å². The van der Waals surface area contributed by atoms with Crippen molar-refractivity contribution in [2.45, 2.75) is 39.0 Å². The van der Waals surface area contributed by atoms with Crippen molar-refractivity contribution >= 4 is 0 Å². The zero-order chi connectivity index (χ0) is 16.2. The Morgan fingerprint density at radius 3 is 2.83 bits per heavy atom. The van der Waals surface area contributed by atoms with Crippen molar-refractivity contribution in [3.05, 3.63) is 23.8 Å². The monoisotopic (exact) mass is 327 g/mol. The van der Waals surface area contributed by atoms with E-state index >= 15 is 0 Å². The summed E-state index contributed by atoms with van der Waals surface area (Å²) in [6, 6.07) is 5.68. The Balaban J connectivity index is 1.72. The van der Waals surface area contributed by atoms with Gasteiger partial charge in [-0.25, -0.2) is 0 Å². The summed E-state index contributed by atoms with van der Waals surface area (Å²) in [5.41, 5.74) is 1.04. The number of morpholine rings is 1. The largest absolute Gasteiger partial charge is 0.490 e. The lowest BCUT2D eigenvalue weighted by atomic mass is 10.1. The molecule has 1 saturated heterocycles. The van der Waals surface area contributed by atoms with E-state index in [-0.39, 0.29) is 5.75 Å². The van der Waals surface area contributed by atoms with Crippen LogP contribution in [0.2, 0.25) is 0 Å². The highest BCUT2D eigenvalue weighted by atomic mass is 19.3. The van der Waals surface area contributed by atoms with Gasteiger partial charge in [0.2, 0.25) is 0 Å². The third-order valence-corrected chi connectivity index (χ3v) is 4.36. The molecule has 6 heteroatoms. The first-order chi connectivity index (χ1) is 11.2. The normalized spacial score (nSPS) is 22.3. The molecule has 2 aliphatic rings. The Morgan fingerprint density at radius 1 is 1.30 bits per heavy atom. The molecule has 3 rings (SSSR count). The van der Waals surface area contributed by atoms with Crippen LogP contribution in [0, 0.1) is 5.92 Å². The first-order valence-corrected chi connectivity index (χ1v) is 8.19. The van der Waals surface area contributed by atoms with Crippen LogP contribution < -0.4 is 9.47 Å². The zero-order valence-corrected chi connectivity index (χ0v) is 13.3. The summed E-state index contributed by atoms with van der Waals surface area (Å²) in [6.07, 6.45) is 2.55. The molecule has 0 radical (unpaired) electrons. The summed E-state index contributed by atoms with van der Waals surface area (Å²) >= 11 is 0. The fourth-order valence-corrected chi connectivity index (χ4v) is 3.12. The number of benzene rings is 1. The van der Waals surface area contributed by atoms with Crippen molar-refractivity contribution in [3.63, 3.8) is 0 Å². The molecular formula is C17H23F2NO3. The van der Waals surface area contributed by atoms with Crippen LogP contribution in [0.5, 0.6) is 11.5 Å². The maximum absolute atomic E-state index is 12.5. The lowest BCUT2D eigenvalue weighted by Gasteiger charge is -2.36. The Hall–Kier alpha value is -1.40. The first-order valence-electron chi connectivity index (χ1n) is 8.19. The molecule has 23 heavy (non-hydrogen) atoms. The minimum Gasteiger partial charge on any atom is -0.490 e. The summed E-state index contributed by atoms with van der Waals surface area (Å²) in [7, 11) is 0. The van der Waals surface area contributed by atoms with Gasteiger partial charge >= 0.3 is 6.61 Å². The second-order valence-corrected chi connectivity index (χ2v) is 6.04. The van der Waals surface area contributed by atoms with Crippen molar-refractivity contribution in [1.82, 2.24) is 4.90 Å². The van der Waals surface area contributed by atoms with Gasteiger partial charge in [-0.3, -0.25) is 4.90 Å². The van der Waals surface area contributed by atoms with Crippen LogP contribution in [0.3, 0.4) is 0 Å². The second kappa shape index (κ2) is 7.45. The summed E-state index contributed by atoms with van der Waals surface area (Å²) in [6.45, 7) is 2.59. The minimum atomic E-state index is -2.85. The molecule has 0 aromatic heterocycles. The van der Waals surface area contributed by atoms with Crippen LogP contribution in [-0.4, -0.2) is 43.9 Å². The van der Waals surface area contributed by atoms with E-state index in [0.717, 1.165) is 37.8 Å². The summed E-state index contributed by atoms with van der Waals surface area (Å²) in [5.74, 6) is 1.20. The van der Waals surface area contributed by atoms with Crippen LogP contribution in [0.15, 0.2) is 18.2 Å². The molecule has 1 unspecified atom stereocenters. The summed E-state index contributed by atoms with van der Waals surface area (Å²) < 4.78 is 40.5. The number of alkyl halides is 2. The van der Waals surface area contributed by atoms with Gasteiger partial charge in [0.1, 0.15) is 0 Å². The number of hydrogen-bond donors (Lipinski definition) is 0. The van der Waals surface area contributed by atoms with Crippen LogP contribution in [-0.2, 0) is 11.3 Å². The van der Waals surface area contributed by atoms with E-state index in [2.05, 4.69) is 9.64 Å². The predicted molar refractivity (Wildman–Crippen MR) is 82.0 cm³/mol. The average molecular weight is 327 g/mol. The minimum absolute atomic E-state index is 0.0892. The molecule has 1 aliphatic carbocycles. The quantitative estimate of drug-likeness (QED) is 0.769. The standard InChI is InChI=1S/C17H23F2NO3/c1-2-22-16-9-12(3-6-15(16)23-17(18)19)10-20-7-8-21-11-14(20)13-4-5-13/h3,6,9,13-14,17H,2,4-5,7-8,10-11H2,1H3. The molecule has 2 fully saturated rings. The Kier molecular flexibility index (Phi) is 5.33. The van der Waals surface area contributed by atoms with Crippen molar-refractivity contribution < 1.29 is 23.0 Å². The summed E-state index contributed by atoms with van der Waals surface area (Å²) in [4.78, 5) is 2.43. The van der Waals surface area contributed by atoms with E-state index in [1.165, 1.54) is 12.8 Å². The molecule has 128 valence electrons. The third-order valence-electron chi connectivity index (χ3n) is 4.36. The van der Waals surface area contributed by atoms with E-state index in [4.69, 9.17) is 9.47 Å². The van der Waals surface area contributed by atoms with E-state index < -0.39 is 6.61 Å². The van der Waals surface area contributed by atoms with E-state index in [0.29, 0.717) is 18.4 Å². The van der Waals surface area contributed by atoms with Crippen LogP contribution in [0.1, 0.15) is 25.3 Å². The highest BCUT2D eigenvalue weighted by molar-refractivity contribution is 5.43. The van der Waals surface area contributed by atoms with Crippen molar-refractivity contribution in [3.8, 4) is 11.5 Å². The first kappa shape index (κ1) is 16.5. The number of rotatable bonds is 7. The maximum Gasteiger partial charge on any atom is 0.387 e. The fourth-order valence-electron chi connectivity index (χ4n) is 3.12. The van der Waals surface area contributed by atoms with E-state index in [9.17, 15) is 8.78 Å². The van der Waals surface area contributed by atoms with Gasteiger partial charge in [0.15, 0.2) is 11.5 Å². The van der Waals surface area contributed by atoms with Gasteiger partial charge < -0.3 is 14.2 Å². The molecule has 1 aromatic rings. The number of halogens is 2. The molecular weight excluding hydrogens is 304 g/mol. The van der Waals surface area contributed by atoms with Crippen molar-refractivity contribution in [1.29, 1.82) is 0 Å². The van der Waals surface area contributed by atoms with Gasteiger partial charge in [-0.05, 0) is 43.4 Å². The molecule has 1 aliphatic heterocycles. The highest BCUT2D eigenvalue weighted by Crippen LogP contribution is 2.37. The Morgan fingerprint density at radius 2 is 2.13 bits per heavy atom. The molecule has 0 bridgehead atoms. The number of hydrogen-bond acceptors (Lipinski definition) is 4. The lowest BCUT2D eigenvalue weighted by Crippen LogP contribution is -2.46. The molecule has 1 atom stereocenters. The van der Waals surface area contributed by atoms with E-state index in [1.54, 1.807) is 12.1 Å². The van der Waals surface area contributed by atoms with Gasteiger partial charge in [-0.2, -0.15) is 8.78 Å². The molecule has 0 amide bonds. The summed E-state index contributed by atoms with van der Waals surface area (Å²) in [5, 5.41) is 0. The lowest BCUT2D eigenvalue weighted by molar-refractivity contribution is -0.0515. The SMILES string of the molecule is CCOc1cc(CN2CCOCC2C2CC2)ccc1OC(F)F. The van der Waals surface area contributed by atoms with Gasteiger partial charge in [0.05, 0.1) is 19.8 Å².